The molecule has 2 saturated heterocycles. The van der Waals surface area contributed by atoms with Crippen LogP contribution < -0.4 is 19.7 Å². The number of para-hydroxylation sites is 1. The number of rotatable bonds is 9. The maximum Gasteiger partial charge on any atom is 0.241 e. The number of nitrogens with one attached hydrogen (secondary N) is 1. The Bertz CT molecular complexity index is 1420. The van der Waals surface area contributed by atoms with Gasteiger partial charge in [0, 0.05) is 50.0 Å². The number of hydrogen-bond acceptors (Lipinski definition) is 8. The van der Waals surface area contributed by atoms with Crippen molar-refractivity contribution in [3.05, 3.63) is 83.8 Å². The van der Waals surface area contributed by atoms with Crippen molar-refractivity contribution in [2.24, 2.45) is 0 Å². The minimum Gasteiger partial charge on any atom is -0.491 e. The van der Waals surface area contributed by atoms with Gasteiger partial charge in [0.25, 0.3) is 0 Å². The maximum absolute atomic E-state index is 14.5. The lowest BCUT2D eigenvalue weighted by Gasteiger charge is -2.46. The van der Waals surface area contributed by atoms with Crippen LogP contribution in [-0.2, 0) is 16.0 Å². The monoisotopic (exact) mass is 617 g/mol. The molecule has 0 spiro atoms. The molecule has 45 heavy (non-hydrogen) atoms. The van der Waals surface area contributed by atoms with Gasteiger partial charge in [0.15, 0.2) is 0 Å². The van der Waals surface area contributed by atoms with Crippen LogP contribution in [0.25, 0.3) is 0 Å². The fourth-order valence-electron chi connectivity index (χ4n) is 6.61. The van der Waals surface area contributed by atoms with Gasteiger partial charge in [-0.2, -0.15) is 0 Å². The van der Waals surface area contributed by atoms with Crippen LogP contribution in [0.2, 0.25) is 0 Å². The number of anilines is 1. The zero-order chi connectivity index (χ0) is 31.3. The van der Waals surface area contributed by atoms with E-state index in [4.69, 9.17) is 14.2 Å². The standard InChI is InChI=1S/C35H44FN5O4/c1-24-17-39(30(16-37-24)18-40-25(2)20-43-21-26(40)3)19-34(42)41-31(22-44-32-7-5-4-6-8-32)23-45-35-33(41)14-28(15-38-35)13-27-9-11-29(36)12-10-27/h4-12,14-15,24-26,30-31,37H,13,16-23H2,1-3H3/t24-,25-,26-,30-,31?/m1/s1. The Kier molecular flexibility index (Phi) is 9.94. The minimum absolute atomic E-state index is 0.0101. The van der Waals surface area contributed by atoms with E-state index >= 15 is 0 Å². The molecule has 1 N–H and O–H groups in total. The molecule has 0 bridgehead atoms. The molecule has 10 heteroatoms. The highest BCUT2D eigenvalue weighted by atomic mass is 19.1. The van der Waals surface area contributed by atoms with Gasteiger partial charge in [-0.15, -0.1) is 0 Å². The number of hydrogen-bond donors (Lipinski definition) is 1. The zero-order valence-electron chi connectivity index (χ0n) is 26.4. The average Bonchev–Trinajstić information content (AvgIpc) is 3.04. The van der Waals surface area contributed by atoms with Crippen LogP contribution in [0.15, 0.2) is 66.9 Å². The van der Waals surface area contributed by atoms with E-state index in [0.717, 1.165) is 49.7 Å². The Labute approximate surface area is 265 Å². The van der Waals surface area contributed by atoms with E-state index in [2.05, 4.69) is 40.9 Å². The lowest BCUT2D eigenvalue weighted by Crippen LogP contribution is -2.64. The molecule has 5 atom stereocenters. The van der Waals surface area contributed by atoms with E-state index in [1.165, 1.54) is 12.1 Å². The molecule has 2 aromatic carbocycles. The number of pyridine rings is 1. The van der Waals surface area contributed by atoms with Gasteiger partial charge < -0.3 is 19.5 Å². The quantitative estimate of drug-likeness (QED) is 0.389. The Balaban J connectivity index is 1.26. The van der Waals surface area contributed by atoms with Crippen molar-refractivity contribution in [3.63, 3.8) is 0 Å². The Hall–Kier alpha value is -3.57. The first kappa shape index (κ1) is 31.4. The molecule has 3 aliphatic heterocycles. The van der Waals surface area contributed by atoms with Crippen molar-refractivity contribution in [2.75, 3.05) is 57.5 Å². The summed E-state index contributed by atoms with van der Waals surface area (Å²) in [5, 5.41) is 3.63. The third-order valence-electron chi connectivity index (χ3n) is 9.04. The van der Waals surface area contributed by atoms with Crippen molar-refractivity contribution >= 4 is 11.6 Å². The van der Waals surface area contributed by atoms with Crippen LogP contribution in [0, 0.1) is 5.82 Å². The van der Waals surface area contributed by atoms with Gasteiger partial charge >= 0.3 is 0 Å². The van der Waals surface area contributed by atoms with Gasteiger partial charge in [-0.3, -0.25) is 19.5 Å². The average molecular weight is 618 g/mol. The first-order chi connectivity index (χ1) is 21.8. The fourth-order valence-corrected chi connectivity index (χ4v) is 6.61. The summed E-state index contributed by atoms with van der Waals surface area (Å²) in [5.74, 6) is 0.892. The molecule has 0 saturated carbocycles. The third kappa shape index (κ3) is 7.64. The predicted molar refractivity (Wildman–Crippen MR) is 171 cm³/mol. The second kappa shape index (κ2) is 14.2. The van der Waals surface area contributed by atoms with E-state index in [9.17, 15) is 9.18 Å². The van der Waals surface area contributed by atoms with Crippen LogP contribution in [-0.4, -0.2) is 104 Å². The van der Waals surface area contributed by atoms with E-state index in [1.54, 1.807) is 18.3 Å². The number of halogens is 1. The van der Waals surface area contributed by atoms with Gasteiger partial charge in [0.05, 0.1) is 19.8 Å². The van der Waals surface area contributed by atoms with Crippen LogP contribution in [0.3, 0.4) is 0 Å². The number of piperazine rings is 1. The lowest BCUT2D eigenvalue weighted by molar-refractivity contribution is -0.122. The largest absolute Gasteiger partial charge is 0.491 e. The topological polar surface area (TPSA) is 79.4 Å². The Morgan fingerprint density at radius 2 is 1.76 bits per heavy atom. The van der Waals surface area contributed by atoms with Crippen molar-refractivity contribution < 1.29 is 23.4 Å². The molecule has 1 amide bonds. The molecular formula is C35H44FN5O4. The van der Waals surface area contributed by atoms with Crippen LogP contribution in [0.5, 0.6) is 11.6 Å². The lowest BCUT2D eigenvalue weighted by atomic mass is 10.0. The number of nitrogens with zero attached hydrogens (tertiary/aromatic N) is 4. The number of carbonyl (C=O) groups excluding carboxylic acids is 1. The molecule has 0 radical (unpaired) electrons. The molecule has 3 aromatic rings. The van der Waals surface area contributed by atoms with E-state index in [-0.39, 0.29) is 49.6 Å². The Morgan fingerprint density at radius 1 is 1.00 bits per heavy atom. The highest BCUT2D eigenvalue weighted by molar-refractivity contribution is 5.97. The van der Waals surface area contributed by atoms with Crippen molar-refractivity contribution in [1.82, 2.24) is 20.1 Å². The van der Waals surface area contributed by atoms with Crippen molar-refractivity contribution in [1.29, 1.82) is 0 Å². The number of benzene rings is 2. The summed E-state index contributed by atoms with van der Waals surface area (Å²) in [5.41, 5.74) is 2.51. The summed E-state index contributed by atoms with van der Waals surface area (Å²) in [6.07, 6.45) is 2.32. The van der Waals surface area contributed by atoms with E-state index in [0.29, 0.717) is 30.1 Å². The number of morpholine rings is 1. The second-order valence-corrected chi connectivity index (χ2v) is 12.6. The van der Waals surface area contributed by atoms with Gasteiger partial charge in [-0.05, 0) is 68.7 Å². The Morgan fingerprint density at radius 3 is 2.51 bits per heavy atom. The molecule has 3 aliphatic rings. The summed E-state index contributed by atoms with van der Waals surface area (Å²) >= 11 is 0. The second-order valence-electron chi connectivity index (χ2n) is 12.6. The van der Waals surface area contributed by atoms with E-state index < -0.39 is 0 Å². The smallest absolute Gasteiger partial charge is 0.241 e. The van der Waals surface area contributed by atoms with Crippen LogP contribution in [0.4, 0.5) is 10.1 Å². The molecule has 6 rings (SSSR count). The molecule has 0 aliphatic carbocycles. The van der Waals surface area contributed by atoms with Gasteiger partial charge in [-0.1, -0.05) is 30.3 Å². The minimum atomic E-state index is -0.342. The summed E-state index contributed by atoms with van der Waals surface area (Å²) in [6, 6.07) is 18.8. The number of fused-ring (bicyclic) bond motifs is 1. The van der Waals surface area contributed by atoms with E-state index in [1.807, 2.05) is 41.3 Å². The third-order valence-corrected chi connectivity index (χ3v) is 9.04. The first-order valence-electron chi connectivity index (χ1n) is 16.0. The summed E-state index contributed by atoms with van der Waals surface area (Å²) in [7, 11) is 0. The molecule has 2 fully saturated rings. The predicted octanol–water partition coefficient (Wildman–Crippen LogP) is 3.76. The summed E-state index contributed by atoms with van der Waals surface area (Å²) < 4.78 is 31.6. The van der Waals surface area contributed by atoms with Crippen LogP contribution >= 0.6 is 0 Å². The first-order valence-corrected chi connectivity index (χ1v) is 16.0. The molecule has 9 nitrogen and oxygen atoms in total. The van der Waals surface area contributed by atoms with Crippen molar-refractivity contribution in [2.45, 2.75) is 57.4 Å². The normalized spacial score (nSPS) is 25.8. The molecule has 240 valence electrons. The highest BCUT2D eigenvalue weighted by Crippen LogP contribution is 2.34. The van der Waals surface area contributed by atoms with Crippen LogP contribution in [0.1, 0.15) is 31.9 Å². The summed E-state index contributed by atoms with van der Waals surface area (Å²) in [4.78, 5) is 25.8. The molecule has 4 heterocycles. The van der Waals surface area contributed by atoms with Gasteiger partial charge in [0.1, 0.15) is 36.5 Å². The SMILES string of the molecule is C[C@@H]1CN(CC(=O)N2c3cc(Cc4ccc(F)cc4)cnc3OCC2COc2ccccc2)[C@@H](CN2[C@H](C)COC[C@H]2C)CN1. The molecule has 1 aromatic heterocycles. The number of carbonyl (C=O) groups is 1. The van der Waals surface area contributed by atoms with Gasteiger partial charge in [0.2, 0.25) is 11.8 Å². The zero-order valence-corrected chi connectivity index (χ0v) is 26.4. The van der Waals surface area contributed by atoms with Gasteiger partial charge in [-0.25, -0.2) is 9.37 Å². The summed E-state index contributed by atoms with van der Waals surface area (Å²) in [6.45, 7) is 11.3. The van der Waals surface area contributed by atoms with Crippen molar-refractivity contribution in [3.8, 4) is 11.6 Å². The number of aromatic nitrogens is 1. The fraction of sp³-hybridized carbons (Fsp3) is 0.486. The maximum atomic E-state index is 14.5. The number of ether oxygens (including phenoxy) is 3. The highest BCUT2D eigenvalue weighted by Gasteiger charge is 2.38. The molecule has 1 unspecified atom stereocenters. The molecular weight excluding hydrogens is 573 g/mol. The number of amides is 1.